The van der Waals surface area contributed by atoms with E-state index in [1.54, 1.807) is 24.5 Å². The molecule has 3 nitrogen and oxygen atoms in total. The largest absolute Gasteiger partial charge is 0.494 e. The second-order valence-electron chi connectivity index (χ2n) is 4.87. The minimum atomic E-state index is 0.620. The topological polar surface area (TPSA) is 26.5 Å². The third-order valence-corrected chi connectivity index (χ3v) is 4.90. The van der Waals surface area contributed by atoms with E-state index in [0.29, 0.717) is 10.0 Å². The van der Waals surface area contributed by atoms with Gasteiger partial charge in [0.15, 0.2) is 4.80 Å². The van der Waals surface area contributed by atoms with Crippen molar-refractivity contribution in [1.29, 1.82) is 0 Å². The third-order valence-electron chi connectivity index (χ3n) is 3.43. The Kier molecular flexibility index (Phi) is 4.76. The van der Waals surface area contributed by atoms with Gasteiger partial charge in [-0.15, -0.1) is 11.3 Å². The van der Waals surface area contributed by atoms with Crippen molar-refractivity contribution in [2.45, 2.75) is 0 Å². The Bertz CT molecular complexity index is 915. The zero-order valence-corrected chi connectivity index (χ0v) is 14.9. The highest BCUT2D eigenvalue weighted by Crippen LogP contribution is 2.31. The number of hydrogen-bond donors (Lipinski definition) is 0. The molecule has 23 heavy (non-hydrogen) atoms. The summed E-state index contributed by atoms with van der Waals surface area (Å²) in [6.07, 6.45) is 0. The van der Waals surface area contributed by atoms with E-state index in [0.717, 1.165) is 27.5 Å². The molecule has 1 aromatic heterocycles. The fourth-order valence-electron chi connectivity index (χ4n) is 2.24. The molecule has 0 saturated carbocycles. The van der Waals surface area contributed by atoms with Gasteiger partial charge in [-0.3, -0.25) is 0 Å². The standard InChI is InChI=1S/C17H14Cl2N2OS/c1-21-15(12-8-7-11(18)9-13(12)19)10-23-17(21)20-14-5-3-4-6-16(14)22-2/h3-10H,1-2H3. The number of methoxy groups -OCH3 is 1. The Labute approximate surface area is 148 Å². The summed E-state index contributed by atoms with van der Waals surface area (Å²) >= 11 is 13.8. The average molecular weight is 365 g/mol. The molecule has 3 aromatic rings. The summed E-state index contributed by atoms with van der Waals surface area (Å²) in [5, 5.41) is 3.27. The second-order valence-corrected chi connectivity index (χ2v) is 6.55. The van der Waals surface area contributed by atoms with Crippen LogP contribution in [0.15, 0.2) is 52.8 Å². The molecule has 0 amide bonds. The molecule has 0 spiro atoms. The molecule has 1 heterocycles. The van der Waals surface area contributed by atoms with E-state index < -0.39 is 0 Å². The minimum Gasteiger partial charge on any atom is -0.494 e. The van der Waals surface area contributed by atoms with Crippen LogP contribution in [0.4, 0.5) is 5.69 Å². The van der Waals surface area contributed by atoms with Crippen LogP contribution in [0.25, 0.3) is 11.3 Å². The van der Waals surface area contributed by atoms with Crippen molar-refractivity contribution in [3.8, 4) is 17.0 Å². The van der Waals surface area contributed by atoms with Gasteiger partial charge in [0.2, 0.25) is 0 Å². The van der Waals surface area contributed by atoms with Crippen LogP contribution in [0.1, 0.15) is 0 Å². The van der Waals surface area contributed by atoms with Crippen molar-refractivity contribution < 1.29 is 4.74 Å². The van der Waals surface area contributed by atoms with Crippen LogP contribution >= 0.6 is 34.5 Å². The van der Waals surface area contributed by atoms with Gasteiger partial charge < -0.3 is 9.30 Å². The predicted molar refractivity (Wildman–Crippen MR) is 97.0 cm³/mol. The summed E-state index contributed by atoms with van der Waals surface area (Å²) in [4.78, 5) is 5.55. The average Bonchev–Trinajstić information content (AvgIpc) is 2.89. The van der Waals surface area contributed by atoms with Gasteiger partial charge in [-0.05, 0) is 30.3 Å². The minimum absolute atomic E-state index is 0.620. The predicted octanol–water partition coefficient (Wildman–Crippen LogP) is 5.30. The lowest BCUT2D eigenvalue weighted by atomic mass is 10.2. The van der Waals surface area contributed by atoms with Gasteiger partial charge >= 0.3 is 0 Å². The molecule has 0 aliphatic carbocycles. The van der Waals surface area contributed by atoms with Gasteiger partial charge in [0.05, 0.1) is 17.8 Å². The molecule has 0 aliphatic rings. The monoisotopic (exact) mass is 364 g/mol. The Balaban J connectivity index is 2.11. The maximum Gasteiger partial charge on any atom is 0.190 e. The quantitative estimate of drug-likeness (QED) is 0.619. The Morgan fingerprint density at radius 2 is 1.91 bits per heavy atom. The van der Waals surface area contributed by atoms with E-state index in [4.69, 9.17) is 32.9 Å². The number of ether oxygens (including phenoxy) is 1. The molecule has 0 atom stereocenters. The first kappa shape index (κ1) is 16.1. The zero-order valence-electron chi connectivity index (χ0n) is 12.6. The van der Waals surface area contributed by atoms with Crippen molar-refractivity contribution in [1.82, 2.24) is 4.57 Å². The van der Waals surface area contributed by atoms with Gasteiger partial charge in [-0.1, -0.05) is 35.3 Å². The van der Waals surface area contributed by atoms with Gasteiger partial charge in [-0.25, -0.2) is 4.99 Å². The normalized spacial score (nSPS) is 11.7. The van der Waals surface area contributed by atoms with Crippen LogP contribution < -0.4 is 9.54 Å². The van der Waals surface area contributed by atoms with Crippen molar-refractivity contribution in [2.24, 2.45) is 12.0 Å². The number of halogens is 2. The molecular weight excluding hydrogens is 351 g/mol. The molecule has 0 bridgehead atoms. The second kappa shape index (κ2) is 6.79. The van der Waals surface area contributed by atoms with Crippen LogP contribution in [0, 0.1) is 0 Å². The van der Waals surface area contributed by atoms with E-state index in [-0.39, 0.29) is 0 Å². The van der Waals surface area contributed by atoms with Crippen LogP contribution in [0.5, 0.6) is 5.75 Å². The van der Waals surface area contributed by atoms with E-state index in [1.807, 2.05) is 53.4 Å². The lowest BCUT2D eigenvalue weighted by Gasteiger charge is -2.06. The number of thiazole rings is 1. The summed E-state index contributed by atoms with van der Waals surface area (Å²) in [7, 11) is 3.60. The highest BCUT2D eigenvalue weighted by atomic mass is 35.5. The van der Waals surface area contributed by atoms with E-state index >= 15 is 0 Å². The van der Waals surface area contributed by atoms with Crippen LogP contribution in [0.2, 0.25) is 10.0 Å². The van der Waals surface area contributed by atoms with Crippen molar-refractivity contribution >= 4 is 40.2 Å². The lowest BCUT2D eigenvalue weighted by molar-refractivity contribution is 0.416. The number of hydrogen-bond acceptors (Lipinski definition) is 3. The fraction of sp³-hybridized carbons (Fsp3) is 0.118. The van der Waals surface area contributed by atoms with Crippen molar-refractivity contribution in [3.63, 3.8) is 0 Å². The Morgan fingerprint density at radius 3 is 2.65 bits per heavy atom. The molecule has 3 rings (SSSR count). The van der Waals surface area contributed by atoms with Gasteiger partial charge in [-0.2, -0.15) is 0 Å². The maximum absolute atomic E-state index is 6.31. The van der Waals surface area contributed by atoms with Gasteiger partial charge in [0.1, 0.15) is 11.4 Å². The van der Waals surface area contributed by atoms with Crippen molar-refractivity contribution in [3.05, 3.63) is 62.7 Å². The molecular formula is C17H14Cl2N2OS. The summed E-state index contributed by atoms with van der Waals surface area (Å²) in [5.41, 5.74) is 2.71. The van der Waals surface area contributed by atoms with Gasteiger partial charge in [0.25, 0.3) is 0 Å². The number of aromatic nitrogens is 1. The van der Waals surface area contributed by atoms with E-state index in [2.05, 4.69) is 0 Å². The zero-order chi connectivity index (χ0) is 16.4. The molecule has 2 aromatic carbocycles. The maximum atomic E-state index is 6.31. The fourth-order valence-corrected chi connectivity index (χ4v) is 3.65. The molecule has 0 aliphatic heterocycles. The highest BCUT2D eigenvalue weighted by molar-refractivity contribution is 7.07. The van der Waals surface area contributed by atoms with E-state index in [1.165, 1.54) is 0 Å². The first-order chi connectivity index (χ1) is 11.1. The number of benzene rings is 2. The molecule has 118 valence electrons. The van der Waals surface area contributed by atoms with Gasteiger partial charge in [0, 0.05) is 23.0 Å². The number of nitrogens with zero attached hydrogens (tertiary/aromatic N) is 2. The van der Waals surface area contributed by atoms with Crippen LogP contribution in [-0.2, 0) is 7.05 Å². The Morgan fingerprint density at radius 1 is 1.13 bits per heavy atom. The first-order valence-electron chi connectivity index (χ1n) is 6.88. The summed E-state index contributed by atoms with van der Waals surface area (Å²) in [6.45, 7) is 0. The molecule has 0 radical (unpaired) electrons. The summed E-state index contributed by atoms with van der Waals surface area (Å²) < 4.78 is 7.35. The molecule has 0 saturated heterocycles. The SMILES string of the molecule is COc1ccccc1N=c1scc(-c2ccc(Cl)cc2Cl)n1C. The van der Waals surface area contributed by atoms with Crippen LogP contribution in [0.3, 0.4) is 0 Å². The molecule has 6 heteroatoms. The summed E-state index contributed by atoms with van der Waals surface area (Å²) in [5.74, 6) is 0.743. The lowest BCUT2D eigenvalue weighted by Crippen LogP contribution is -2.11. The smallest absolute Gasteiger partial charge is 0.190 e. The van der Waals surface area contributed by atoms with E-state index in [9.17, 15) is 0 Å². The summed E-state index contributed by atoms with van der Waals surface area (Å²) in [6, 6.07) is 13.2. The molecule has 0 unspecified atom stereocenters. The Hall–Kier alpha value is -1.75. The number of rotatable bonds is 3. The number of para-hydroxylation sites is 2. The molecule has 0 N–H and O–H groups in total. The third kappa shape index (κ3) is 3.29. The van der Waals surface area contributed by atoms with Crippen molar-refractivity contribution in [2.75, 3.05) is 7.11 Å². The highest BCUT2D eigenvalue weighted by Gasteiger charge is 2.10. The molecule has 0 fully saturated rings. The van der Waals surface area contributed by atoms with Crippen LogP contribution in [-0.4, -0.2) is 11.7 Å². The first-order valence-corrected chi connectivity index (χ1v) is 8.51.